The highest BCUT2D eigenvalue weighted by Gasteiger charge is 2.21. The molecule has 5 nitrogen and oxygen atoms in total. The van der Waals surface area contributed by atoms with Crippen molar-refractivity contribution in [1.82, 2.24) is 4.57 Å². The van der Waals surface area contributed by atoms with Crippen LogP contribution in [0, 0.1) is 6.92 Å². The first-order chi connectivity index (χ1) is 13.9. The molecule has 0 bridgehead atoms. The maximum atomic E-state index is 13.3. The molecule has 0 saturated heterocycles. The van der Waals surface area contributed by atoms with Gasteiger partial charge in [0.05, 0.1) is 14.2 Å². The number of ether oxygens (including phenoxy) is 2. The Bertz CT molecular complexity index is 1040. The first-order valence-corrected chi connectivity index (χ1v) is 9.67. The van der Waals surface area contributed by atoms with Crippen molar-refractivity contribution in [2.75, 3.05) is 19.5 Å². The van der Waals surface area contributed by atoms with Gasteiger partial charge < -0.3 is 19.4 Å². The van der Waals surface area contributed by atoms with Crippen LogP contribution >= 0.6 is 0 Å². The average molecular weight is 392 g/mol. The fourth-order valence-corrected chi connectivity index (χ4v) is 3.58. The van der Waals surface area contributed by atoms with Gasteiger partial charge in [-0.25, -0.2) is 0 Å². The van der Waals surface area contributed by atoms with Crippen LogP contribution in [0.1, 0.15) is 41.4 Å². The van der Waals surface area contributed by atoms with Gasteiger partial charge in [-0.15, -0.1) is 6.58 Å². The zero-order valence-electron chi connectivity index (χ0n) is 17.7. The second kappa shape index (κ2) is 8.43. The standard InChI is InChI=1S/C24H28N2O3/c1-7-10-26-22-9-8-17(15(2)3)11-21(22)16(4)23(26)24(27)25-18-12-19(28-5)14-20(13-18)29-6/h7-9,11-15H,1,10H2,2-6H3,(H,25,27). The number of fused-ring (bicyclic) bond motifs is 1. The van der Waals surface area contributed by atoms with Gasteiger partial charge in [0.15, 0.2) is 0 Å². The second-order valence-corrected chi connectivity index (χ2v) is 7.36. The molecule has 0 radical (unpaired) electrons. The van der Waals surface area contributed by atoms with Crippen molar-refractivity contribution in [2.24, 2.45) is 0 Å². The van der Waals surface area contributed by atoms with E-state index in [1.54, 1.807) is 38.5 Å². The number of anilines is 1. The quantitative estimate of drug-likeness (QED) is 0.538. The number of benzene rings is 2. The highest BCUT2D eigenvalue weighted by molar-refractivity contribution is 6.08. The highest BCUT2D eigenvalue weighted by Crippen LogP contribution is 2.31. The van der Waals surface area contributed by atoms with Gasteiger partial charge >= 0.3 is 0 Å². The zero-order valence-corrected chi connectivity index (χ0v) is 17.7. The van der Waals surface area contributed by atoms with Crippen LogP contribution in [0.5, 0.6) is 11.5 Å². The molecule has 0 atom stereocenters. The third-order valence-corrected chi connectivity index (χ3v) is 5.14. The maximum absolute atomic E-state index is 13.3. The summed E-state index contributed by atoms with van der Waals surface area (Å²) in [6.07, 6.45) is 1.81. The van der Waals surface area contributed by atoms with Crippen molar-refractivity contribution in [3.63, 3.8) is 0 Å². The number of hydrogen-bond donors (Lipinski definition) is 1. The Kier molecular flexibility index (Phi) is 5.97. The van der Waals surface area contributed by atoms with Crippen molar-refractivity contribution >= 4 is 22.5 Å². The Labute approximate surface area is 171 Å². The van der Waals surface area contributed by atoms with E-state index >= 15 is 0 Å². The lowest BCUT2D eigenvalue weighted by molar-refractivity contribution is 0.101. The molecule has 152 valence electrons. The Hall–Kier alpha value is -3.21. The third kappa shape index (κ3) is 3.99. The zero-order chi connectivity index (χ0) is 21.1. The topological polar surface area (TPSA) is 52.5 Å². The molecule has 3 aromatic rings. The van der Waals surface area contributed by atoms with Gasteiger partial charge in [-0.2, -0.15) is 0 Å². The van der Waals surface area contributed by atoms with Crippen molar-refractivity contribution < 1.29 is 14.3 Å². The molecule has 2 aromatic carbocycles. The minimum Gasteiger partial charge on any atom is -0.497 e. The summed E-state index contributed by atoms with van der Waals surface area (Å²) in [5.41, 5.74) is 4.48. The Balaban J connectivity index is 2.08. The predicted octanol–water partition coefficient (Wildman–Crippen LogP) is 5.53. The number of nitrogens with zero attached hydrogens (tertiary/aromatic N) is 1. The van der Waals surface area contributed by atoms with E-state index in [1.807, 2.05) is 11.5 Å². The molecule has 0 aliphatic heterocycles. The van der Waals surface area contributed by atoms with Crippen LogP contribution < -0.4 is 14.8 Å². The second-order valence-electron chi connectivity index (χ2n) is 7.36. The van der Waals surface area contributed by atoms with Gasteiger partial charge in [-0.1, -0.05) is 26.0 Å². The van der Waals surface area contributed by atoms with E-state index in [0.29, 0.717) is 35.3 Å². The molecule has 0 fully saturated rings. The van der Waals surface area contributed by atoms with E-state index in [-0.39, 0.29) is 5.91 Å². The van der Waals surface area contributed by atoms with Crippen LogP contribution in [0.4, 0.5) is 5.69 Å². The largest absolute Gasteiger partial charge is 0.497 e. The lowest BCUT2D eigenvalue weighted by Crippen LogP contribution is -2.18. The Morgan fingerprint density at radius 2 is 1.79 bits per heavy atom. The minimum atomic E-state index is -0.179. The predicted molar refractivity (Wildman–Crippen MR) is 118 cm³/mol. The van der Waals surface area contributed by atoms with Gasteiger partial charge in [0, 0.05) is 41.3 Å². The summed E-state index contributed by atoms with van der Waals surface area (Å²) in [5.74, 6) is 1.47. The Morgan fingerprint density at radius 1 is 1.14 bits per heavy atom. The minimum absolute atomic E-state index is 0.179. The van der Waals surface area contributed by atoms with Crippen LogP contribution in [0.2, 0.25) is 0 Å². The number of amides is 1. The number of aryl methyl sites for hydroxylation is 1. The molecule has 3 rings (SSSR count). The molecule has 1 N–H and O–H groups in total. The van der Waals surface area contributed by atoms with Crippen LogP contribution in [0.15, 0.2) is 49.1 Å². The van der Waals surface area contributed by atoms with Crippen molar-refractivity contribution in [3.05, 3.63) is 65.9 Å². The van der Waals surface area contributed by atoms with Gasteiger partial charge in [-0.3, -0.25) is 4.79 Å². The molecule has 1 heterocycles. The molecule has 0 spiro atoms. The van der Waals surface area contributed by atoms with E-state index in [0.717, 1.165) is 16.5 Å². The van der Waals surface area contributed by atoms with Crippen LogP contribution in [-0.2, 0) is 6.54 Å². The van der Waals surface area contributed by atoms with Crippen LogP contribution in [-0.4, -0.2) is 24.7 Å². The van der Waals surface area contributed by atoms with E-state index < -0.39 is 0 Å². The monoisotopic (exact) mass is 392 g/mol. The number of rotatable bonds is 7. The lowest BCUT2D eigenvalue weighted by Gasteiger charge is -2.12. The van der Waals surface area contributed by atoms with Crippen LogP contribution in [0.3, 0.4) is 0 Å². The normalized spacial score (nSPS) is 11.0. The van der Waals surface area contributed by atoms with Gasteiger partial charge in [0.1, 0.15) is 17.2 Å². The van der Waals surface area contributed by atoms with Crippen molar-refractivity contribution in [1.29, 1.82) is 0 Å². The first-order valence-electron chi connectivity index (χ1n) is 9.67. The molecule has 0 unspecified atom stereocenters. The summed E-state index contributed by atoms with van der Waals surface area (Å²) in [5, 5.41) is 4.08. The van der Waals surface area contributed by atoms with Gasteiger partial charge in [0.25, 0.3) is 5.91 Å². The fourth-order valence-electron chi connectivity index (χ4n) is 3.58. The van der Waals surface area contributed by atoms with Crippen molar-refractivity contribution in [2.45, 2.75) is 33.2 Å². The number of carbonyl (C=O) groups excluding carboxylic acids is 1. The summed E-state index contributed by atoms with van der Waals surface area (Å²) in [6.45, 7) is 10.7. The number of allylic oxidation sites excluding steroid dienone is 1. The van der Waals surface area contributed by atoms with E-state index in [2.05, 4.69) is 43.9 Å². The summed E-state index contributed by atoms with van der Waals surface area (Å²) >= 11 is 0. The maximum Gasteiger partial charge on any atom is 0.272 e. The molecule has 5 heteroatoms. The van der Waals surface area contributed by atoms with Gasteiger partial charge in [0.2, 0.25) is 0 Å². The molecule has 1 aromatic heterocycles. The molecule has 0 saturated carbocycles. The molecular weight excluding hydrogens is 364 g/mol. The van der Waals surface area contributed by atoms with E-state index in [9.17, 15) is 4.79 Å². The Morgan fingerprint density at radius 3 is 2.34 bits per heavy atom. The highest BCUT2D eigenvalue weighted by atomic mass is 16.5. The summed E-state index contributed by atoms with van der Waals surface area (Å²) in [4.78, 5) is 13.3. The molecule has 0 aliphatic rings. The van der Waals surface area contributed by atoms with Crippen molar-refractivity contribution in [3.8, 4) is 11.5 Å². The molecule has 1 amide bonds. The number of hydrogen-bond acceptors (Lipinski definition) is 3. The third-order valence-electron chi connectivity index (χ3n) is 5.14. The SMILES string of the molecule is C=CCn1c(C(=O)Nc2cc(OC)cc(OC)c2)c(C)c2cc(C(C)C)ccc21. The molecule has 0 aliphatic carbocycles. The van der Waals surface area contributed by atoms with Gasteiger partial charge in [-0.05, 0) is 36.1 Å². The summed E-state index contributed by atoms with van der Waals surface area (Å²) < 4.78 is 12.6. The first kappa shape index (κ1) is 20.5. The number of methoxy groups -OCH3 is 2. The number of aromatic nitrogens is 1. The van der Waals surface area contributed by atoms with E-state index in [4.69, 9.17) is 9.47 Å². The smallest absolute Gasteiger partial charge is 0.272 e. The molecule has 29 heavy (non-hydrogen) atoms. The van der Waals surface area contributed by atoms with E-state index in [1.165, 1.54) is 5.56 Å². The summed E-state index contributed by atoms with van der Waals surface area (Å²) in [7, 11) is 3.16. The average Bonchev–Trinajstić information content (AvgIpc) is 2.99. The summed E-state index contributed by atoms with van der Waals surface area (Å²) in [6, 6.07) is 11.7. The fraction of sp³-hybridized carbons (Fsp3) is 0.292. The number of carbonyl (C=O) groups is 1. The molecular formula is C24H28N2O3. The number of nitrogens with one attached hydrogen (secondary N) is 1. The van der Waals surface area contributed by atoms with Crippen LogP contribution in [0.25, 0.3) is 10.9 Å². The lowest BCUT2D eigenvalue weighted by atomic mass is 10.0.